The van der Waals surface area contributed by atoms with Gasteiger partial charge in [-0.1, -0.05) is 6.92 Å². The lowest BCUT2D eigenvalue weighted by atomic mass is 10.5. The molecule has 0 radical (unpaired) electrons. The number of hydrogen-bond donors (Lipinski definition) is 1. The van der Waals surface area contributed by atoms with Crippen LogP contribution in [0, 0.1) is 0 Å². The Balaban J connectivity index is 0. The molecule has 0 aliphatic heterocycles. The molecule has 5 heteroatoms. The van der Waals surface area contributed by atoms with E-state index in [4.69, 9.17) is 8.85 Å². The molecule has 0 aromatic rings. The molecule has 1 N–H and O–H groups in total. The zero-order chi connectivity index (χ0) is 8.20. The predicted molar refractivity (Wildman–Crippen MR) is 53.0 cm³/mol. The summed E-state index contributed by atoms with van der Waals surface area (Å²) in [7, 11) is 0.911. The average Bonchev–Trinajstić information content (AvgIpc) is 2.01. The normalized spacial score (nSPS) is 13.9. The molecule has 0 saturated carbocycles. The molecule has 3 nitrogen and oxygen atoms in total. The van der Waals surface area contributed by atoms with Crippen molar-refractivity contribution in [1.29, 1.82) is 0 Å². The van der Waals surface area contributed by atoms with Gasteiger partial charge in [-0.3, -0.25) is 0 Å². The van der Waals surface area contributed by atoms with Crippen LogP contribution in [0.5, 0.6) is 0 Å². The third-order valence-corrected chi connectivity index (χ3v) is 5.04. The average molecular weight is 198 g/mol. The SMILES string of the molecule is CCC(O)[Si](C)(OC)OC.P. The van der Waals surface area contributed by atoms with Crippen molar-refractivity contribution in [2.75, 3.05) is 14.2 Å². The molecule has 0 amide bonds. The minimum atomic E-state index is -2.25. The molecule has 0 spiro atoms. The molecule has 0 heterocycles. The van der Waals surface area contributed by atoms with Crippen LogP contribution < -0.4 is 0 Å². The highest BCUT2D eigenvalue weighted by Gasteiger charge is 2.36. The maximum Gasteiger partial charge on any atom is 0.364 e. The maximum atomic E-state index is 9.39. The number of hydrogen-bond acceptors (Lipinski definition) is 3. The molecule has 70 valence electrons. The number of rotatable bonds is 4. The van der Waals surface area contributed by atoms with Gasteiger partial charge >= 0.3 is 8.56 Å². The van der Waals surface area contributed by atoms with E-state index in [1.54, 1.807) is 14.2 Å². The van der Waals surface area contributed by atoms with Crippen LogP contribution >= 0.6 is 9.90 Å². The zero-order valence-corrected chi connectivity index (χ0v) is 10.2. The Kier molecular flexibility index (Phi) is 7.79. The summed E-state index contributed by atoms with van der Waals surface area (Å²) in [5.41, 5.74) is -0.428. The van der Waals surface area contributed by atoms with Gasteiger partial charge in [-0.2, -0.15) is 9.90 Å². The first-order valence-electron chi connectivity index (χ1n) is 3.39. The monoisotopic (exact) mass is 198 g/mol. The molecular formula is C6H19O3PSi. The van der Waals surface area contributed by atoms with Gasteiger partial charge in [-0.25, -0.2) is 0 Å². The Labute approximate surface area is 73.0 Å². The molecule has 2 unspecified atom stereocenters. The molecule has 0 aliphatic rings. The smallest absolute Gasteiger partial charge is 0.364 e. The standard InChI is InChI=1S/C6H16O3Si.H3P/c1-5-6(7)10(4,8-2)9-3;/h6-7H,5H2,1-4H3;1H3. The highest BCUT2D eigenvalue weighted by Crippen LogP contribution is 2.12. The molecule has 0 fully saturated rings. The summed E-state index contributed by atoms with van der Waals surface area (Å²) in [6.45, 7) is 3.76. The molecular weight excluding hydrogens is 179 g/mol. The summed E-state index contributed by atoms with van der Waals surface area (Å²) in [4.78, 5) is 0. The molecule has 0 saturated heterocycles. The van der Waals surface area contributed by atoms with Gasteiger partial charge in [0.1, 0.15) is 0 Å². The lowest BCUT2D eigenvalue weighted by Gasteiger charge is -2.26. The van der Waals surface area contributed by atoms with Crippen LogP contribution in [0.3, 0.4) is 0 Å². The van der Waals surface area contributed by atoms with E-state index in [-0.39, 0.29) is 9.90 Å². The Morgan fingerprint density at radius 3 is 1.82 bits per heavy atom. The minimum Gasteiger partial charge on any atom is -0.396 e. The van der Waals surface area contributed by atoms with E-state index in [2.05, 4.69) is 0 Å². The molecule has 0 aromatic carbocycles. The third kappa shape index (κ3) is 3.63. The first-order valence-corrected chi connectivity index (χ1v) is 5.78. The highest BCUT2D eigenvalue weighted by atomic mass is 31.0. The van der Waals surface area contributed by atoms with Crippen molar-refractivity contribution in [3.63, 3.8) is 0 Å². The second-order valence-electron chi connectivity index (χ2n) is 2.35. The van der Waals surface area contributed by atoms with E-state index in [0.717, 1.165) is 0 Å². The fourth-order valence-electron chi connectivity index (χ4n) is 0.726. The van der Waals surface area contributed by atoms with Gasteiger partial charge < -0.3 is 14.0 Å². The largest absolute Gasteiger partial charge is 0.396 e. The van der Waals surface area contributed by atoms with E-state index in [0.29, 0.717) is 6.42 Å². The summed E-state index contributed by atoms with van der Waals surface area (Å²) in [5.74, 6) is 0. The van der Waals surface area contributed by atoms with Crippen LogP contribution in [-0.2, 0) is 8.85 Å². The Morgan fingerprint density at radius 2 is 1.73 bits per heavy atom. The van der Waals surface area contributed by atoms with E-state index in [9.17, 15) is 5.11 Å². The third-order valence-electron chi connectivity index (χ3n) is 1.80. The maximum absolute atomic E-state index is 9.39. The first-order chi connectivity index (χ1) is 4.60. The quantitative estimate of drug-likeness (QED) is 0.534. The van der Waals surface area contributed by atoms with Crippen LogP contribution in [0.1, 0.15) is 13.3 Å². The van der Waals surface area contributed by atoms with Crippen LogP contribution in [0.15, 0.2) is 0 Å². The van der Waals surface area contributed by atoms with Crippen molar-refractivity contribution in [3.05, 3.63) is 0 Å². The van der Waals surface area contributed by atoms with E-state index in [1.807, 2.05) is 13.5 Å². The summed E-state index contributed by atoms with van der Waals surface area (Å²) in [6.07, 6.45) is 0.685. The molecule has 0 aliphatic carbocycles. The van der Waals surface area contributed by atoms with Crippen molar-refractivity contribution in [2.45, 2.75) is 25.6 Å². The molecule has 0 bridgehead atoms. The van der Waals surface area contributed by atoms with Gasteiger partial charge in [0, 0.05) is 14.2 Å². The summed E-state index contributed by atoms with van der Waals surface area (Å²) >= 11 is 0. The summed E-state index contributed by atoms with van der Waals surface area (Å²) in [6, 6.07) is 0. The number of aliphatic hydroxyl groups excluding tert-OH is 1. The predicted octanol–water partition coefficient (Wildman–Crippen LogP) is 0.719. The first kappa shape index (κ1) is 14.1. The molecule has 11 heavy (non-hydrogen) atoms. The summed E-state index contributed by atoms with van der Waals surface area (Å²) < 4.78 is 10.2. The van der Waals surface area contributed by atoms with Crippen molar-refractivity contribution in [2.24, 2.45) is 0 Å². The van der Waals surface area contributed by atoms with Crippen molar-refractivity contribution < 1.29 is 14.0 Å². The number of aliphatic hydroxyl groups is 1. The van der Waals surface area contributed by atoms with Crippen LogP contribution in [0.25, 0.3) is 0 Å². The van der Waals surface area contributed by atoms with Gasteiger partial charge in [0.15, 0.2) is 0 Å². The van der Waals surface area contributed by atoms with Crippen LogP contribution in [0.2, 0.25) is 6.55 Å². The van der Waals surface area contributed by atoms with Gasteiger partial charge in [-0.15, -0.1) is 0 Å². The molecule has 0 aromatic heterocycles. The second-order valence-corrected chi connectivity index (χ2v) is 5.86. The summed E-state index contributed by atoms with van der Waals surface area (Å²) in [5, 5.41) is 9.39. The van der Waals surface area contributed by atoms with Crippen molar-refractivity contribution in [3.8, 4) is 0 Å². The topological polar surface area (TPSA) is 38.7 Å². The second kappa shape index (κ2) is 6.09. The van der Waals surface area contributed by atoms with Crippen molar-refractivity contribution in [1.82, 2.24) is 0 Å². The van der Waals surface area contributed by atoms with Gasteiger partial charge in [0.05, 0.1) is 5.73 Å². The Morgan fingerprint density at radius 1 is 1.36 bits per heavy atom. The van der Waals surface area contributed by atoms with E-state index >= 15 is 0 Å². The molecule has 2 atom stereocenters. The highest BCUT2D eigenvalue weighted by molar-refractivity contribution is 6.92. The van der Waals surface area contributed by atoms with E-state index in [1.165, 1.54) is 0 Å². The zero-order valence-electron chi connectivity index (χ0n) is 7.76. The minimum absolute atomic E-state index is 0. The fraction of sp³-hybridized carbons (Fsp3) is 1.00. The lowest BCUT2D eigenvalue weighted by molar-refractivity contribution is 0.142. The Bertz CT molecular complexity index is 97.8. The van der Waals surface area contributed by atoms with Gasteiger partial charge in [-0.05, 0) is 13.0 Å². The fourth-order valence-corrected chi connectivity index (χ4v) is 2.18. The van der Waals surface area contributed by atoms with Crippen LogP contribution in [0.4, 0.5) is 0 Å². The van der Waals surface area contributed by atoms with Crippen LogP contribution in [-0.4, -0.2) is 33.6 Å². The van der Waals surface area contributed by atoms with Gasteiger partial charge in [0.25, 0.3) is 0 Å². The molecule has 0 rings (SSSR count). The van der Waals surface area contributed by atoms with Crippen molar-refractivity contribution >= 4 is 18.5 Å². The van der Waals surface area contributed by atoms with Gasteiger partial charge in [0.2, 0.25) is 0 Å². The lowest BCUT2D eigenvalue weighted by Crippen LogP contribution is -2.48. The van der Waals surface area contributed by atoms with E-state index < -0.39 is 14.3 Å². The Hall–Kier alpha value is 0.527.